The Labute approximate surface area is 221 Å². The molecule has 184 valence electrons. The molecule has 0 unspecified atom stereocenters. The number of hydrogen-bond donors (Lipinski definition) is 0. The Morgan fingerprint density at radius 2 is 1.83 bits per heavy atom. The fourth-order valence-corrected chi connectivity index (χ4v) is 5.86. The lowest BCUT2D eigenvalue weighted by Crippen LogP contribution is -2.47. The van der Waals surface area contributed by atoms with E-state index in [0.717, 1.165) is 29.5 Å². The maximum Gasteiger partial charge on any atom is 0.254 e. The Morgan fingerprint density at radius 1 is 1.09 bits per heavy atom. The van der Waals surface area contributed by atoms with Crippen molar-refractivity contribution in [1.82, 2.24) is 9.80 Å². The molecule has 1 aliphatic rings. The second-order valence-electron chi connectivity index (χ2n) is 9.48. The van der Waals surface area contributed by atoms with Crippen molar-refractivity contribution in [3.8, 4) is 0 Å². The van der Waals surface area contributed by atoms with Crippen LogP contribution in [0.5, 0.6) is 0 Å². The number of nitrogens with zero attached hydrogens (tertiary/aromatic N) is 2. The summed E-state index contributed by atoms with van der Waals surface area (Å²) >= 11 is 14.5. The summed E-state index contributed by atoms with van der Waals surface area (Å²) in [5, 5.41) is 3.15. The first-order chi connectivity index (χ1) is 16.7. The van der Waals surface area contributed by atoms with E-state index in [2.05, 4.69) is 25.3 Å². The highest BCUT2D eigenvalue weighted by Gasteiger charge is 2.35. The summed E-state index contributed by atoms with van der Waals surface area (Å²) in [6.45, 7) is 7.37. The van der Waals surface area contributed by atoms with Gasteiger partial charge in [0.25, 0.3) is 5.91 Å². The average Bonchev–Trinajstić information content (AvgIpc) is 3.30. The van der Waals surface area contributed by atoms with Crippen molar-refractivity contribution < 1.29 is 9.59 Å². The molecule has 35 heavy (non-hydrogen) atoms. The van der Waals surface area contributed by atoms with Gasteiger partial charge in [-0.05, 0) is 72.5 Å². The number of thiophene rings is 1. The molecular formula is C28H30Cl2N2O2S. The third-order valence-corrected chi connectivity index (χ3v) is 7.99. The van der Waals surface area contributed by atoms with Crippen LogP contribution in [-0.2, 0) is 11.2 Å². The molecule has 0 bridgehead atoms. The van der Waals surface area contributed by atoms with Crippen LogP contribution in [0.1, 0.15) is 58.2 Å². The molecule has 1 aromatic heterocycles. The number of amides is 2. The van der Waals surface area contributed by atoms with E-state index in [4.69, 9.17) is 23.2 Å². The van der Waals surface area contributed by atoms with Crippen molar-refractivity contribution in [1.29, 1.82) is 0 Å². The second-order valence-corrected chi connectivity index (χ2v) is 11.3. The van der Waals surface area contributed by atoms with Gasteiger partial charge in [-0.15, -0.1) is 11.3 Å². The third kappa shape index (κ3) is 5.91. The predicted molar refractivity (Wildman–Crippen MR) is 145 cm³/mol. The van der Waals surface area contributed by atoms with Crippen molar-refractivity contribution in [3.63, 3.8) is 0 Å². The van der Waals surface area contributed by atoms with Crippen LogP contribution in [-0.4, -0.2) is 41.2 Å². The molecule has 7 heteroatoms. The first-order valence-corrected chi connectivity index (χ1v) is 13.5. The summed E-state index contributed by atoms with van der Waals surface area (Å²) in [6, 6.07) is 14.7. The van der Waals surface area contributed by atoms with Crippen molar-refractivity contribution in [2.45, 2.75) is 39.7 Å². The fourth-order valence-electron chi connectivity index (χ4n) is 4.44. The molecule has 0 fully saturated rings. The molecule has 0 spiro atoms. The van der Waals surface area contributed by atoms with Crippen molar-refractivity contribution in [3.05, 3.63) is 91.1 Å². The molecule has 2 aromatic carbocycles. The van der Waals surface area contributed by atoms with Gasteiger partial charge in [-0.1, -0.05) is 60.8 Å². The smallest absolute Gasteiger partial charge is 0.254 e. The Bertz CT molecular complexity index is 1210. The van der Waals surface area contributed by atoms with Gasteiger partial charge in [0.15, 0.2) is 0 Å². The molecule has 1 atom stereocenters. The number of fused-ring (bicyclic) bond motifs is 1. The zero-order valence-corrected chi connectivity index (χ0v) is 22.6. The van der Waals surface area contributed by atoms with E-state index < -0.39 is 0 Å². The van der Waals surface area contributed by atoms with Gasteiger partial charge in [-0.2, -0.15) is 0 Å². The van der Waals surface area contributed by atoms with Crippen LogP contribution in [0.25, 0.3) is 0 Å². The Hall–Kier alpha value is -2.34. The van der Waals surface area contributed by atoms with Gasteiger partial charge in [0.2, 0.25) is 5.91 Å². The van der Waals surface area contributed by atoms with Gasteiger partial charge in [0.1, 0.15) is 6.54 Å². The number of benzene rings is 2. The van der Waals surface area contributed by atoms with Gasteiger partial charge in [0, 0.05) is 33.6 Å². The van der Waals surface area contributed by atoms with Crippen LogP contribution >= 0.6 is 34.5 Å². The van der Waals surface area contributed by atoms with Gasteiger partial charge >= 0.3 is 0 Å². The van der Waals surface area contributed by atoms with Crippen LogP contribution in [0.2, 0.25) is 10.0 Å². The Morgan fingerprint density at radius 3 is 2.51 bits per heavy atom. The molecule has 0 N–H and O–H groups in total. The number of hydrogen-bond acceptors (Lipinski definition) is 3. The summed E-state index contributed by atoms with van der Waals surface area (Å²) in [5.74, 6) is 0.220. The number of rotatable bonds is 7. The molecule has 0 aliphatic carbocycles. The highest BCUT2D eigenvalue weighted by Crippen LogP contribution is 2.41. The summed E-state index contributed by atoms with van der Waals surface area (Å²) < 4.78 is 0. The highest BCUT2D eigenvalue weighted by atomic mass is 35.5. The summed E-state index contributed by atoms with van der Waals surface area (Å²) in [7, 11) is 0. The molecule has 3 aromatic rings. The minimum absolute atomic E-state index is 0.0284. The molecule has 4 rings (SSSR count). The van der Waals surface area contributed by atoms with Gasteiger partial charge in [0.05, 0.1) is 6.04 Å². The van der Waals surface area contributed by atoms with Crippen molar-refractivity contribution >= 4 is 46.4 Å². The van der Waals surface area contributed by atoms with E-state index in [0.29, 0.717) is 34.6 Å². The van der Waals surface area contributed by atoms with Gasteiger partial charge < -0.3 is 9.80 Å². The molecule has 0 saturated carbocycles. The predicted octanol–water partition coefficient (Wildman–Crippen LogP) is 7.03. The maximum atomic E-state index is 13.8. The van der Waals surface area contributed by atoms with Crippen molar-refractivity contribution in [2.24, 2.45) is 5.92 Å². The number of carbonyl (C=O) groups is 2. The second kappa shape index (κ2) is 11.2. The van der Waals surface area contributed by atoms with E-state index in [1.807, 2.05) is 48.2 Å². The van der Waals surface area contributed by atoms with Crippen LogP contribution in [0, 0.1) is 12.8 Å². The topological polar surface area (TPSA) is 40.6 Å². The van der Waals surface area contributed by atoms with E-state index in [1.165, 1.54) is 4.88 Å². The Balaban J connectivity index is 1.63. The SMILES string of the molecule is Cc1ccc(C(=O)N(CCC(C)C)CC(=O)N2CCc3sccc3[C@@H]2c2ccc(Cl)cc2Cl)cc1. The average molecular weight is 530 g/mol. The minimum Gasteiger partial charge on any atom is -0.330 e. The first kappa shape index (κ1) is 25.7. The highest BCUT2D eigenvalue weighted by molar-refractivity contribution is 7.10. The van der Waals surface area contributed by atoms with Crippen LogP contribution in [0.4, 0.5) is 0 Å². The van der Waals surface area contributed by atoms with E-state index in [1.54, 1.807) is 22.3 Å². The normalized spacial score (nSPS) is 15.3. The minimum atomic E-state index is -0.302. The van der Waals surface area contributed by atoms with Crippen LogP contribution < -0.4 is 0 Å². The van der Waals surface area contributed by atoms with Gasteiger partial charge in [-0.25, -0.2) is 0 Å². The molecular weight excluding hydrogens is 499 g/mol. The molecule has 0 saturated heterocycles. The maximum absolute atomic E-state index is 13.8. The number of carbonyl (C=O) groups excluding carboxylic acids is 2. The lowest BCUT2D eigenvalue weighted by atomic mass is 9.93. The number of halogens is 2. The fraction of sp³-hybridized carbons (Fsp3) is 0.357. The van der Waals surface area contributed by atoms with Crippen molar-refractivity contribution in [2.75, 3.05) is 19.6 Å². The lowest BCUT2D eigenvalue weighted by Gasteiger charge is -2.38. The Kier molecular flexibility index (Phi) is 8.20. The summed E-state index contributed by atoms with van der Waals surface area (Å²) in [5.41, 5.74) is 3.64. The molecule has 4 nitrogen and oxygen atoms in total. The molecule has 0 radical (unpaired) electrons. The summed E-state index contributed by atoms with van der Waals surface area (Å²) in [4.78, 5) is 32.0. The largest absolute Gasteiger partial charge is 0.330 e. The lowest BCUT2D eigenvalue weighted by molar-refractivity contribution is -0.134. The number of aryl methyl sites for hydroxylation is 1. The van der Waals surface area contributed by atoms with E-state index >= 15 is 0 Å². The van der Waals surface area contributed by atoms with Crippen LogP contribution in [0.15, 0.2) is 53.9 Å². The third-order valence-electron chi connectivity index (χ3n) is 6.43. The molecule has 2 amide bonds. The van der Waals surface area contributed by atoms with E-state index in [9.17, 15) is 9.59 Å². The molecule has 1 aliphatic heterocycles. The zero-order valence-electron chi connectivity index (χ0n) is 20.3. The summed E-state index contributed by atoms with van der Waals surface area (Å²) in [6.07, 6.45) is 1.62. The first-order valence-electron chi connectivity index (χ1n) is 11.9. The monoisotopic (exact) mass is 528 g/mol. The van der Waals surface area contributed by atoms with E-state index in [-0.39, 0.29) is 24.4 Å². The quantitative estimate of drug-likeness (QED) is 0.330. The molecule has 2 heterocycles. The van der Waals surface area contributed by atoms with Crippen LogP contribution in [0.3, 0.4) is 0 Å². The van der Waals surface area contributed by atoms with Gasteiger partial charge in [-0.3, -0.25) is 9.59 Å². The zero-order chi connectivity index (χ0) is 25.1. The standard InChI is InChI=1S/C28H30Cl2N2O2S/c1-18(2)10-13-31(28(34)20-6-4-19(3)5-7-20)17-26(33)32-14-11-25-23(12-15-35-25)27(32)22-9-8-21(29)16-24(22)30/h4-9,12,15-16,18,27H,10-11,13-14,17H2,1-3H3/t27-/m0/s1.